The van der Waals surface area contributed by atoms with Gasteiger partial charge in [-0.2, -0.15) is 0 Å². The van der Waals surface area contributed by atoms with E-state index in [-0.39, 0.29) is 11.4 Å². The second kappa shape index (κ2) is 11.5. The van der Waals surface area contributed by atoms with Crippen LogP contribution in [0.25, 0.3) is 0 Å². The van der Waals surface area contributed by atoms with Gasteiger partial charge >= 0.3 is 5.97 Å². The van der Waals surface area contributed by atoms with E-state index in [4.69, 9.17) is 4.74 Å². The lowest BCUT2D eigenvalue weighted by Gasteiger charge is -2.31. The van der Waals surface area contributed by atoms with Gasteiger partial charge in [0.25, 0.3) is 0 Å². The molecule has 0 amide bonds. The van der Waals surface area contributed by atoms with E-state index >= 15 is 0 Å². The van der Waals surface area contributed by atoms with Crippen LogP contribution in [0.5, 0.6) is 0 Å². The molecular formula is C23H34INO2. The molecule has 0 N–H and O–H groups in total. The molecule has 0 fully saturated rings. The van der Waals surface area contributed by atoms with E-state index in [2.05, 4.69) is 79.1 Å². The maximum atomic E-state index is 11.7. The highest BCUT2D eigenvalue weighted by atomic mass is 127. The molecule has 0 aliphatic heterocycles. The lowest BCUT2D eigenvalue weighted by molar-refractivity contribution is -0.137. The summed E-state index contributed by atoms with van der Waals surface area (Å²) < 4.78 is 6.29. The number of benzene rings is 1. The molecule has 0 spiro atoms. The Hall–Kier alpha value is -1.30. The highest BCUT2D eigenvalue weighted by molar-refractivity contribution is 14.1. The zero-order valence-corrected chi connectivity index (χ0v) is 19.6. The fraction of sp³-hybridized carbons (Fsp3) is 0.522. The summed E-state index contributed by atoms with van der Waals surface area (Å²) in [5, 5.41) is 0. The number of halogens is 1. The van der Waals surface area contributed by atoms with Crippen molar-refractivity contribution >= 4 is 28.6 Å². The van der Waals surface area contributed by atoms with Crippen LogP contribution in [-0.4, -0.2) is 30.6 Å². The molecule has 0 aliphatic carbocycles. The number of ether oxygens (including phenoxy) is 1. The Morgan fingerprint density at radius 3 is 2.44 bits per heavy atom. The quantitative estimate of drug-likeness (QED) is 0.233. The van der Waals surface area contributed by atoms with Crippen LogP contribution in [0.4, 0.5) is 0 Å². The molecule has 0 saturated heterocycles. The van der Waals surface area contributed by atoms with Crippen molar-refractivity contribution in [1.82, 2.24) is 4.90 Å². The summed E-state index contributed by atoms with van der Waals surface area (Å²) in [4.78, 5) is 14.0. The molecule has 27 heavy (non-hydrogen) atoms. The first-order valence-corrected chi connectivity index (χ1v) is 10.7. The van der Waals surface area contributed by atoms with E-state index in [1.807, 2.05) is 13.8 Å². The van der Waals surface area contributed by atoms with Gasteiger partial charge in [-0.1, -0.05) is 39.5 Å². The third-order valence-corrected chi connectivity index (χ3v) is 4.80. The maximum absolute atomic E-state index is 11.7. The van der Waals surface area contributed by atoms with Crippen molar-refractivity contribution < 1.29 is 9.53 Å². The van der Waals surface area contributed by atoms with Crippen LogP contribution in [0.3, 0.4) is 0 Å². The number of hydrogen-bond acceptors (Lipinski definition) is 3. The van der Waals surface area contributed by atoms with Gasteiger partial charge in [0.1, 0.15) is 0 Å². The average molecular weight is 483 g/mol. The standard InChI is InChI=1S/C23H34INO2/c1-7-27-22(26)15-18(2)17-25(19(3)16-23(4,5)6)14-8-9-20-10-12-21(24)13-11-20/h10-13,15H,3,7-9,14,16-17H2,1-2,4-6H3/b18-15+. The lowest BCUT2D eigenvalue weighted by Crippen LogP contribution is -2.28. The zero-order chi connectivity index (χ0) is 20.4. The number of carbonyl (C=O) groups is 1. The third-order valence-electron chi connectivity index (χ3n) is 4.08. The minimum atomic E-state index is -0.268. The number of carbonyl (C=O) groups excluding carboxylic acids is 1. The molecule has 1 aromatic carbocycles. The molecule has 4 heteroatoms. The number of allylic oxidation sites excluding steroid dienone is 1. The van der Waals surface area contributed by atoms with Crippen LogP contribution in [0.15, 0.2) is 48.2 Å². The van der Waals surface area contributed by atoms with Crippen molar-refractivity contribution in [2.24, 2.45) is 5.41 Å². The van der Waals surface area contributed by atoms with E-state index in [9.17, 15) is 4.79 Å². The van der Waals surface area contributed by atoms with Crippen molar-refractivity contribution in [3.8, 4) is 0 Å². The summed E-state index contributed by atoms with van der Waals surface area (Å²) in [7, 11) is 0. The SMILES string of the molecule is C=C(CC(C)(C)C)N(CCCc1ccc(I)cc1)C/C(C)=C/C(=O)OCC. The second-order valence-corrected chi connectivity index (χ2v) is 9.44. The first kappa shape index (κ1) is 23.7. The van der Waals surface area contributed by atoms with Crippen LogP contribution < -0.4 is 0 Å². The van der Waals surface area contributed by atoms with Gasteiger partial charge < -0.3 is 9.64 Å². The monoisotopic (exact) mass is 483 g/mol. The van der Waals surface area contributed by atoms with Gasteiger partial charge in [0.05, 0.1) is 6.61 Å². The molecular weight excluding hydrogens is 449 g/mol. The highest BCUT2D eigenvalue weighted by Crippen LogP contribution is 2.26. The Kier molecular flexibility index (Phi) is 10.1. The predicted molar refractivity (Wildman–Crippen MR) is 123 cm³/mol. The Morgan fingerprint density at radius 2 is 1.89 bits per heavy atom. The molecule has 0 heterocycles. The molecule has 0 aromatic heterocycles. The summed E-state index contributed by atoms with van der Waals surface area (Å²) in [6.45, 7) is 16.8. The second-order valence-electron chi connectivity index (χ2n) is 8.20. The van der Waals surface area contributed by atoms with Crippen molar-refractivity contribution in [2.45, 2.75) is 53.9 Å². The van der Waals surface area contributed by atoms with Gasteiger partial charge in [0.2, 0.25) is 0 Å². The molecule has 0 aliphatic rings. The van der Waals surface area contributed by atoms with Crippen molar-refractivity contribution in [3.05, 3.63) is 57.3 Å². The molecule has 1 aromatic rings. The molecule has 0 radical (unpaired) electrons. The summed E-state index contributed by atoms with van der Waals surface area (Å²) in [6, 6.07) is 8.70. The number of hydrogen-bond donors (Lipinski definition) is 0. The Balaban J connectivity index is 2.73. The van der Waals surface area contributed by atoms with Crippen LogP contribution in [-0.2, 0) is 16.0 Å². The summed E-state index contributed by atoms with van der Waals surface area (Å²) in [5.74, 6) is -0.268. The minimum Gasteiger partial charge on any atom is -0.463 e. The maximum Gasteiger partial charge on any atom is 0.330 e. The van der Waals surface area contributed by atoms with Gasteiger partial charge in [0, 0.05) is 28.4 Å². The molecule has 1 rings (SSSR count). The van der Waals surface area contributed by atoms with Gasteiger partial charge in [-0.05, 0) is 84.4 Å². The fourth-order valence-corrected chi connectivity index (χ4v) is 3.29. The normalized spacial score (nSPS) is 12.0. The van der Waals surface area contributed by atoms with Gasteiger partial charge in [0.15, 0.2) is 0 Å². The predicted octanol–water partition coefficient (Wildman–Crippen LogP) is 5.99. The Morgan fingerprint density at radius 1 is 1.26 bits per heavy atom. The smallest absolute Gasteiger partial charge is 0.330 e. The number of esters is 1. The van der Waals surface area contributed by atoms with E-state index in [0.29, 0.717) is 13.2 Å². The largest absolute Gasteiger partial charge is 0.463 e. The lowest BCUT2D eigenvalue weighted by atomic mass is 9.90. The fourth-order valence-electron chi connectivity index (χ4n) is 2.93. The van der Waals surface area contributed by atoms with Crippen LogP contribution in [0, 0.1) is 8.99 Å². The number of aryl methyl sites for hydroxylation is 1. The van der Waals surface area contributed by atoms with Crippen molar-refractivity contribution in [2.75, 3.05) is 19.7 Å². The van der Waals surface area contributed by atoms with Crippen molar-refractivity contribution in [3.63, 3.8) is 0 Å². The van der Waals surface area contributed by atoms with Crippen LogP contribution in [0.1, 0.15) is 53.0 Å². The first-order chi connectivity index (χ1) is 12.6. The van der Waals surface area contributed by atoms with Gasteiger partial charge in [-0.15, -0.1) is 0 Å². The van der Waals surface area contributed by atoms with E-state index in [1.54, 1.807) is 6.08 Å². The summed E-state index contributed by atoms with van der Waals surface area (Å²) in [6.07, 6.45) is 4.62. The number of nitrogens with zero attached hydrogens (tertiary/aromatic N) is 1. The molecule has 0 saturated carbocycles. The Bertz CT molecular complexity index is 641. The molecule has 0 atom stereocenters. The summed E-state index contributed by atoms with van der Waals surface area (Å²) in [5.41, 5.74) is 3.67. The number of rotatable bonds is 10. The topological polar surface area (TPSA) is 29.5 Å². The minimum absolute atomic E-state index is 0.185. The molecule has 0 unspecified atom stereocenters. The van der Waals surface area contributed by atoms with E-state index in [0.717, 1.165) is 37.1 Å². The first-order valence-electron chi connectivity index (χ1n) is 9.62. The summed E-state index contributed by atoms with van der Waals surface area (Å²) >= 11 is 2.33. The van der Waals surface area contributed by atoms with Crippen molar-refractivity contribution in [1.29, 1.82) is 0 Å². The van der Waals surface area contributed by atoms with E-state index < -0.39 is 0 Å². The molecule has 150 valence electrons. The molecule has 0 bridgehead atoms. The van der Waals surface area contributed by atoms with Gasteiger partial charge in [-0.25, -0.2) is 4.79 Å². The average Bonchev–Trinajstić information content (AvgIpc) is 2.54. The zero-order valence-electron chi connectivity index (χ0n) is 17.5. The van der Waals surface area contributed by atoms with E-state index in [1.165, 1.54) is 9.13 Å². The molecule has 3 nitrogen and oxygen atoms in total. The Labute approximate surface area is 179 Å². The van der Waals surface area contributed by atoms with Gasteiger partial charge in [-0.3, -0.25) is 0 Å². The van der Waals surface area contributed by atoms with Crippen LogP contribution in [0.2, 0.25) is 0 Å². The highest BCUT2D eigenvalue weighted by Gasteiger charge is 2.17. The van der Waals surface area contributed by atoms with Crippen LogP contribution >= 0.6 is 22.6 Å². The third kappa shape index (κ3) is 10.6.